The van der Waals surface area contributed by atoms with Gasteiger partial charge in [-0.3, -0.25) is 0 Å². The fourth-order valence-corrected chi connectivity index (χ4v) is 2.33. The van der Waals surface area contributed by atoms with E-state index in [1.54, 1.807) is 0 Å². The predicted molar refractivity (Wildman–Crippen MR) is 50.9 cm³/mol. The van der Waals surface area contributed by atoms with E-state index in [9.17, 15) is 0 Å². The average Bonchev–Trinajstić information content (AvgIpc) is 1.97. The van der Waals surface area contributed by atoms with Crippen molar-refractivity contribution in [1.82, 2.24) is 5.32 Å². The topological polar surface area (TPSA) is 47.3 Å². The maximum atomic E-state index is 5.30. The standard InChI is InChI=1S/C5H18N2OSi2/c6-2-4-7-3-1-5-10-8-9/h7H,1-6,10H2,9H3. The van der Waals surface area contributed by atoms with Crippen molar-refractivity contribution in [3.63, 3.8) is 0 Å². The summed E-state index contributed by atoms with van der Waals surface area (Å²) in [6, 6.07) is 1.31. The Morgan fingerprint density at radius 3 is 2.90 bits per heavy atom. The molecule has 0 saturated heterocycles. The van der Waals surface area contributed by atoms with Crippen LogP contribution in [-0.4, -0.2) is 39.9 Å². The molecule has 0 bridgehead atoms. The number of rotatable bonds is 7. The van der Waals surface area contributed by atoms with Crippen molar-refractivity contribution in [1.29, 1.82) is 0 Å². The van der Waals surface area contributed by atoms with E-state index in [0.717, 1.165) is 30.1 Å². The van der Waals surface area contributed by atoms with E-state index in [-0.39, 0.29) is 9.76 Å². The summed E-state index contributed by atoms with van der Waals surface area (Å²) in [5.74, 6) is 0. The Bertz CT molecular complexity index is 57.6. The molecule has 5 heteroatoms. The monoisotopic (exact) mass is 178 g/mol. The third-order valence-electron chi connectivity index (χ3n) is 1.27. The zero-order valence-corrected chi connectivity index (χ0v) is 10.1. The van der Waals surface area contributed by atoms with E-state index in [1.165, 1.54) is 12.5 Å². The number of nitrogens with two attached hydrogens (primary N) is 1. The summed E-state index contributed by atoms with van der Waals surface area (Å²) < 4.78 is 5.17. The van der Waals surface area contributed by atoms with Crippen LogP contribution in [0.25, 0.3) is 0 Å². The Kier molecular flexibility index (Phi) is 9.61. The predicted octanol–water partition coefficient (Wildman–Crippen LogP) is -2.28. The molecule has 0 aromatic carbocycles. The summed E-state index contributed by atoms with van der Waals surface area (Å²) in [6.07, 6.45) is 1.26. The molecule has 0 aromatic heterocycles. The lowest BCUT2D eigenvalue weighted by Crippen LogP contribution is -2.23. The summed E-state index contributed by atoms with van der Waals surface area (Å²) in [7, 11) is 0.808. The molecule has 0 aliphatic carbocycles. The molecule has 10 heavy (non-hydrogen) atoms. The Morgan fingerprint density at radius 2 is 2.30 bits per heavy atom. The second-order valence-corrected chi connectivity index (χ2v) is 5.66. The molecule has 0 amide bonds. The first-order valence-electron chi connectivity index (χ1n) is 3.81. The maximum absolute atomic E-state index is 5.30. The molecule has 0 rings (SSSR count). The van der Waals surface area contributed by atoms with Gasteiger partial charge in [0, 0.05) is 13.1 Å². The van der Waals surface area contributed by atoms with Gasteiger partial charge < -0.3 is 15.2 Å². The Hall–Kier alpha value is 0.314. The molecule has 0 radical (unpaired) electrons. The quantitative estimate of drug-likeness (QED) is 0.341. The summed E-state index contributed by atoms with van der Waals surface area (Å²) in [5, 5.41) is 3.25. The fraction of sp³-hybridized carbons (Fsp3) is 1.00. The van der Waals surface area contributed by atoms with Crippen LogP contribution in [0.3, 0.4) is 0 Å². The summed E-state index contributed by atoms with van der Waals surface area (Å²) in [6.45, 7) is 2.80. The van der Waals surface area contributed by atoms with E-state index < -0.39 is 0 Å². The van der Waals surface area contributed by atoms with Gasteiger partial charge in [-0.25, -0.2) is 0 Å². The lowest BCUT2D eigenvalue weighted by molar-refractivity contribution is 0.634. The van der Waals surface area contributed by atoms with Crippen LogP contribution in [0.1, 0.15) is 6.42 Å². The van der Waals surface area contributed by atoms with E-state index in [2.05, 4.69) is 5.32 Å². The molecule has 0 unspecified atom stereocenters. The minimum Gasteiger partial charge on any atom is -0.468 e. The Labute approximate surface area is 68.2 Å². The Morgan fingerprint density at radius 1 is 1.50 bits per heavy atom. The van der Waals surface area contributed by atoms with Gasteiger partial charge >= 0.3 is 0 Å². The van der Waals surface area contributed by atoms with Crippen molar-refractivity contribution in [2.75, 3.05) is 19.6 Å². The lowest BCUT2D eigenvalue weighted by atomic mass is 10.5. The van der Waals surface area contributed by atoms with Gasteiger partial charge in [0.15, 0.2) is 0 Å². The van der Waals surface area contributed by atoms with Gasteiger partial charge in [0.1, 0.15) is 20.2 Å². The normalized spacial score (nSPS) is 11.7. The number of hydrogen-bond acceptors (Lipinski definition) is 3. The fourth-order valence-electron chi connectivity index (χ4n) is 0.723. The number of hydrogen-bond donors (Lipinski definition) is 2. The van der Waals surface area contributed by atoms with Crippen LogP contribution < -0.4 is 11.1 Å². The summed E-state index contributed by atoms with van der Waals surface area (Å²) in [4.78, 5) is 0. The van der Waals surface area contributed by atoms with Crippen LogP contribution in [0.15, 0.2) is 0 Å². The molecule has 3 N–H and O–H groups in total. The van der Waals surface area contributed by atoms with Gasteiger partial charge in [0.25, 0.3) is 0 Å². The lowest BCUT2D eigenvalue weighted by Gasteiger charge is -2.00. The van der Waals surface area contributed by atoms with E-state index >= 15 is 0 Å². The highest BCUT2D eigenvalue weighted by molar-refractivity contribution is 6.34. The minimum absolute atomic E-state index is 0.122. The molecule has 0 fully saturated rings. The second kappa shape index (κ2) is 9.31. The van der Waals surface area contributed by atoms with Crippen LogP contribution in [0.4, 0.5) is 0 Å². The molecule has 0 aromatic rings. The van der Waals surface area contributed by atoms with Crippen molar-refractivity contribution >= 4 is 20.2 Å². The van der Waals surface area contributed by atoms with Gasteiger partial charge in [-0.2, -0.15) is 0 Å². The van der Waals surface area contributed by atoms with Crippen molar-refractivity contribution in [2.24, 2.45) is 5.73 Å². The zero-order chi connectivity index (χ0) is 7.66. The van der Waals surface area contributed by atoms with Crippen LogP contribution in [0.2, 0.25) is 6.04 Å². The molecule has 0 heterocycles. The van der Waals surface area contributed by atoms with Gasteiger partial charge in [0.2, 0.25) is 0 Å². The van der Waals surface area contributed by atoms with Crippen molar-refractivity contribution < 1.29 is 4.12 Å². The third kappa shape index (κ3) is 8.31. The van der Waals surface area contributed by atoms with Gasteiger partial charge in [0.05, 0.1) is 0 Å². The van der Waals surface area contributed by atoms with E-state index in [0.29, 0.717) is 0 Å². The summed E-state index contributed by atoms with van der Waals surface area (Å²) in [5.41, 5.74) is 5.30. The zero-order valence-electron chi connectivity index (χ0n) is 6.73. The van der Waals surface area contributed by atoms with Crippen LogP contribution >= 0.6 is 0 Å². The van der Waals surface area contributed by atoms with Gasteiger partial charge in [-0.1, -0.05) is 0 Å². The average molecular weight is 178 g/mol. The van der Waals surface area contributed by atoms with Gasteiger partial charge in [-0.15, -0.1) is 0 Å². The van der Waals surface area contributed by atoms with Gasteiger partial charge in [-0.05, 0) is 19.0 Å². The molecular formula is C5H18N2OSi2. The molecule has 3 nitrogen and oxygen atoms in total. The molecular weight excluding hydrogens is 160 g/mol. The first-order chi connectivity index (χ1) is 4.91. The molecule has 0 aliphatic heterocycles. The first-order valence-corrected chi connectivity index (χ1v) is 6.21. The Balaban J connectivity index is 2.65. The largest absolute Gasteiger partial charge is 0.468 e. The van der Waals surface area contributed by atoms with Crippen LogP contribution in [0, 0.1) is 0 Å². The molecule has 0 atom stereocenters. The molecule has 0 aliphatic rings. The van der Waals surface area contributed by atoms with E-state index in [4.69, 9.17) is 9.85 Å². The smallest absolute Gasteiger partial charge is 0.145 e. The molecule has 0 saturated carbocycles. The van der Waals surface area contributed by atoms with E-state index in [1.807, 2.05) is 0 Å². The molecule has 0 spiro atoms. The SMILES string of the molecule is NCCNCCC[SiH2]O[SiH3]. The van der Waals surface area contributed by atoms with Crippen molar-refractivity contribution in [2.45, 2.75) is 12.5 Å². The highest BCUT2D eigenvalue weighted by Crippen LogP contribution is 1.84. The second-order valence-electron chi connectivity index (χ2n) is 2.24. The first kappa shape index (κ1) is 10.3. The third-order valence-corrected chi connectivity index (χ3v) is 3.69. The van der Waals surface area contributed by atoms with Crippen molar-refractivity contribution in [3.8, 4) is 0 Å². The highest BCUT2D eigenvalue weighted by Gasteiger charge is 1.86. The van der Waals surface area contributed by atoms with Crippen LogP contribution in [-0.2, 0) is 4.12 Å². The molecule has 62 valence electrons. The van der Waals surface area contributed by atoms with Crippen LogP contribution in [0.5, 0.6) is 0 Å². The van der Waals surface area contributed by atoms with Crippen molar-refractivity contribution in [3.05, 3.63) is 0 Å². The minimum atomic E-state index is -0.122. The summed E-state index contributed by atoms with van der Waals surface area (Å²) >= 11 is 0. The highest BCUT2D eigenvalue weighted by atomic mass is 28.3. The maximum Gasteiger partial charge on any atom is 0.145 e. The number of nitrogens with one attached hydrogen (secondary N) is 1.